The molecule has 5 heteroatoms. The number of nitrogens with two attached hydrogens (primary N) is 1. The summed E-state index contributed by atoms with van der Waals surface area (Å²) < 4.78 is 25.3. The highest BCUT2D eigenvalue weighted by molar-refractivity contribution is 7.86. The Balaban J connectivity index is 1.83. The van der Waals surface area contributed by atoms with Gasteiger partial charge in [0.15, 0.2) is 0 Å². The molecule has 2 saturated carbocycles. The molecule has 4 nitrogen and oxygen atoms in total. The zero-order chi connectivity index (χ0) is 13.5. The van der Waals surface area contributed by atoms with E-state index in [4.69, 9.17) is 5.14 Å². The highest BCUT2D eigenvalue weighted by Crippen LogP contribution is 2.47. The summed E-state index contributed by atoms with van der Waals surface area (Å²) in [6, 6.07) is 9.79. The molecule has 2 N–H and O–H groups in total. The minimum absolute atomic E-state index is 0.106. The second-order valence-corrected chi connectivity index (χ2v) is 7.32. The van der Waals surface area contributed by atoms with Crippen LogP contribution in [0, 0.1) is 11.8 Å². The zero-order valence-electron chi connectivity index (χ0n) is 10.9. The van der Waals surface area contributed by atoms with Crippen LogP contribution in [-0.2, 0) is 16.8 Å². The quantitative estimate of drug-likeness (QED) is 0.915. The number of benzene rings is 1. The van der Waals surface area contributed by atoms with Crippen molar-refractivity contribution in [3.8, 4) is 0 Å². The van der Waals surface area contributed by atoms with Gasteiger partial charge in [-0.2, -0.15) is 12.7 Å². The van der Waals surface area contributed by atoms with E-state index in [0.29, 0.717) is 18.4 Å². The number of nitrogens with zero attached hydrogens (tertiary/aromatic N) is 1. The number of rotatable bonds is 4. The van der Waals surface area contributed by atoms with Gasteiger partial charge in [0.05, 0.1) is 0 Å². The van der Waals surface area contributed by atoms with Crippen LogP contribution in [0.3, 0.4) is 0 Å². The lowest BCUT2D eigenvalue weighted by atomic mass is 9.95. The Morgan fingerprint density at radius 2 is 1.89 bits per heavy atom. The summed E-state index contributed by atoms with van der Waals surface area (Å²) in [6.07, 6.45) is 4.56. The van der Waals surface area contributed by atoms with Crippen LogP contribution in [0.5, 0.6) is 0 Å². The van der Waals surface area contributed by atoms with Gasteiger partial charge in [-0.3, -0.25) is 0 Å². The van der Waals surface area contributed by atoms with E-state index < -0.39 is 10.2 Å². The Morgan fingerprint density at radius 3 is 2.42 bits per heavy atom. The van der Waals surface area contributed by atoms with Gasteiger partial charge in [-0.15, -0.1) is 0 Å². The van der Waals surface area contributed by atoms with Gasteiger partial charge < -0.3 is 0 Å². The van der Waals surface area contributed by atoms with Gasteiger partial charge in [0.25, 0.3) is 10.2 Å². The van der Waals surface area contributed by atoms with Gasteiger partial charge in [0, 0.05) is 12.6 Å². The summed E-state index contributed by atoms with van der Waals surface area (Å²) in [5.41, 5.74) is 0.999. The predicted molar refractivity (Wildman–Crippen MR) is 74.3 cm³/mol. The largest absolute Gasteiger partial charge is 0.277 e. The zero-order valence-corrected chi connectivity index (χ0v) is 11.7. The van der Waals surface area contributed by atoms with E-state index in [-0.39, 0.29) is 6.04 Å². The molecule has 3 atom stereocenters. The lowest BCUT2D eigenvalue weighted by molar-refractivity contribution is 0.230. The average molecular weight is 280 g/mol. The smallest absolute Gasteiger partial charge is 0.216 e. The van der Waals surface area contributed by atoms with Crippen LogP contribution in [0.15, 0.2) is 30.3 Å². The van der Waals surface area contributed by atoms with E-state index in [1.165, 1.54) is 17.1 Å². The summed E-state index contributed by atoms with van der Waals surface area (Å²) in [6.45, 7) is 0.396. The van der Waals surface area contributed by atoms with Gasteiger partial charge in [-0.1, -0.05) is 36.8 Å². The molecular formula is C14H20N2O2S. The molecule has 0 heterocycles. The van der Waals surface area contributed by atoms with Gasteiger partial charge in [-0.25, -0.2) is 5.14 Å². The van der Waals surface area contributed by atoms with Gasteiger partial charge in [0.2, 0.25) is 0 Å². The van der Waals surface area contributed by atoms with Crippen molar-refractivity contribution in [2.75, 3.05) is 0 Å². The third kappa shape index (κ3) is 2.68. The van der Waals surface area contributed by atoms with Crippen molar-refractivity contribution in [3.63, 3.8) is 0 Å². The summed E-state index contributed by atoms with van der Waals surface area (Å²) in [5, 5.41) is 5.44. The van der Waals surface area contributed by atoms with E-state index in [0.717, 1.165) is 18.4 Å². The summed E-state index contributed by atoms with van der Waals surface area (Å²) in [5.74, 6) is 1.21. The van der Waals surface area contributed by atoms with Crippen molar-refractivity contribution >= 4 is 10.2 Å². The summed E-state index contributed by atoms with van der Waals surface area (Å²) in [7, 11) is -3.64. The maximum Gasteiger partial charge on any atom is 0.277 e. The van der Waals surface area contributed by atoms with Gasteiger partial charge in [-0.05, 0) is 36.7 Å². The van der Waals surface area contributed by atoms with Crippen LogP contribution in [0.1, 0.15) is 31.2 Å². The van der Waals surface area contributed by atoms with Crippen LogP contribution in [-0.4, -0.2) is 18.8 Å². The van der Waals surface area contributed by atoms with E-state index in [9.17, 15) is 8.42 Å². The van der Waals surface area contributed by atoms with Crippen LogP contribution >= 0.6 is 0 Å². The fraction of sp³-hybridized carbons (Fsp3) is 0.571. The Morgan fingerprint density at radius 1 is 1.16 bits per heavy atom. The molecule has 1 aromatic rings. The van der Waals surface area contributed by atoms with Crippen molar-refractivity contribution in [1.82, 2.24) is 4.31 Å². The monoisotopic (exact) mass is 280 g/mol. The molecule has 0 amide bonds. The first-order valence-electron chi connectivity index (χ1n) is 6.87. The highest BCUT2D eigenvalue weighted by atomic mass is 32.2. The first-order valence-corrected chi connectivity index (χ1v) is 8.38. The van der Waals surface area contributed by atoms with Crippen LogP contribution in [0.25, 0.3) is 0 Å². The molecule has 2 aliphatic carbocycles. The Hall–Kier alpha value is -0.910. The predicted octanol–water partition coefficient (Wildman–Crippen LogP) is 1.88. The molecule has 3 rings (SSSR count). The first kappa shape index (κ1) is 13.1. The third-order valence-corrected chi connectivity index (χ3v) is 5.63. The lowest BCUT2D eigenvalue weighted by Crippen LogP contribution is -2.45. The fourth-order valence-electron chi connectivity index (χ4n) is 3.72. The standard InChI is InChI=1S/C14H20N2O2S/c15-19(17,18)16(10-11-4-2-1-3-5-11)14-9-12-6-7-13(14)8-12/h1-5,12-14H,6-10H2,(H2,15,17,18)/t12-,13-,14-/m0/s1. The second-order valence-electron chi connectivity index (χ2n) is 5.82. The molecule has 19 heavy (non-hydrogen) atoms. The molecule has 1 aromatic carbocycles. The summed E-state index contributed by atoms with van der Waals surface area (Å²) in [4.78, 5) is 0. The molecule has 2 bridgehead atoms. The lowest BCUT2D eigenvalue weighted by Gasteiger charge is -2.32. The topological polar surface area (TPSA) is 63.4 Å². The molecule has 2 fully saturated rings. The SMILES string of the molecule is NS(=O)(=O)N(Cc1ccccc1)[C@H]1C[C@H]2CC[C@H]1C2. The molecule has 0 unspecified atom stereocenters. The molecular weight excluding hydrogens is 260 g/mol. The molecule has 0 aliphatic heterocycles. The molecule has 0 aromatic heterocycles. The van der Waals surface area contributed by atoms with Crippen molar-refractivity contribution < 1.29 is 8.42 Å². The van der Waals surface area contributed by atoms with Crippen molar-refractivity contribution in [2.45, 2.75) is 38.3 Å². The normalized spacial score (nSPS) is 30.1. The molecule has 0 spiro atoms. The van der Waals surface area contributed by atoms with Gasteiger partial charge >= 0.3 is 0 Å². The fourth-order valence-corrected chi connectivity index (χ4v) is 4.69. The van der Waals surface area contributed by atoms with Crippen LogP contribution in [0.2, 0.25) is 0 Å². The first-order chi connectivity index (χ1) is 9.04. The van der Waals surface area contributed by atoms with E-state index in [1.807, 2.05) is 30.3 Å². The Labute approximate surface area is 114 Å². The third-order valence-electron chi connectivity index (χ3n) is 4.58. The number of hydrogen-bond acceptors (Lipinski definition) is 2. The van der Waals surface area contributed by atoms with E-state index >= 15 is 0 Å². The van der Waals surface area contributed by atoms with Crippen molar-refractivity contribution in [1.29, 1.82) is 0 Å². The number of hydrogen-bond donors (Lipinski definition) is 1. The van der Waals surface area contributed by atoms with E-state index in [2.05, 4.69) is 0 Å². The Bertz CT molecular complexity index is 544. The maximum absolute atomic E-state index is 11.9. The van der Waals surface area contributed by atoms with Gasteiger partial charge in [0.1, 0.15) is 0 Å². The van der Waals surface area contributed by atoms with Crippen LogP contribution < -0.4 is 5.14 Å². The van der Waals surface area contributed by atoms with E-state index in [1.54, 1.807) is 0 Å². The van der Waals surface area contributed by atoms with Crippen molar-refractivity contribution in [2.24, 2.45) is 17.0 Å². The number of fused-ring (bicyclic) bond motifs is 2. The van der Waals surface area contributed by atoms with Crippen LogP contribution in [0.4, 0.5) is 0 Å². The Kier molecular flexibility index (Phi) is 3.37. The summed E-state index contributed by atoms with van der Waals surface area (Å²) >= 11 is 0. The van der Waals surface area contributed by atoms with Crippen molar-refractivity contribution in [3.05, 3.63) is 35.9 Å². The molecule has 0 radical (unpaired) electrons. The minimum Gasteiger partial charge on any atom is -0.216 e. The molecule has 2 aliphatic rings. The maximum atomic E-state index is 11.9. The molecule has 0 saturated heterocycles. The highest BCUT2D eigenvalue weighted by Gasteiger charge is 2.44. The molecule has 104 valence electrons. The minimum atomic E-state index is -3.64. The second kappa shape index (κ2) is 4.89. The average Bonchev–Trinajstić information content (AvgIpc) is 2.98.